The van der Waals surface area contributed by atoms with Crippen LogP contribution in [0, 0.1) is 0 Å². The van der Waals surface area contributed by atoms with Gasteiger partial charge < -0.3 is 24.3 Å². The number of carbonyl (C=O) groups excluding carboxylic acids is 1. The predicted octanol–water partition coefficient (Wildman–Crippen LogP) is 5.23. The van der Waals surface area contributed by atoms with Crippen LogP contribution in [0.25, 0.3) is 5.69 Å². The van der Waals surface area contributed by atoms with Gasteiger partial charge >= 0.3 is 5.97 Å². The number of benzene rings is 2. The Morgan fingerprint density at radius 1 is 1.00 bits per heavy atom. The monoisotopic (exact) mass is 498 g/mol. The van der Waals surface area contributed by atoms with E-state index in [4.69, 9.17) is 21.7 Å². The molecule has 2 aromatic heterocycles. The Morgan fingerprint density at radius 2 is 1.75 bits per heavy atom. The number of methoxy groups -OCH3 is 1. The van der Waals surface area contributed by atoms with Gasteiger partial charge in [-0.2, -0.15) is 0 Å². The molecule has 1 fully saturated rings. The molecule has 2 atom stereocenters. The molecule has 0 aliphatic carbocycles. The van der Waals surface area contributed by atoms with Gasteiger partial charge in [0.05, 0.1) is 31.0 Å². The Morgan fingerprint density at radius 3 is 2.42 bits per heavy atom. The molecule has 1 aliphatic heterocycles. The molecular formula is C28H26N4O3S. The molecule has 0 saturated carbocycles. The van der Waals surface area contributed by atoms with Gasteiger partial charge in [0.15, 0.2) is 5.11 Å². The third-order valence-electron chi connectivity index (χ3n) is 6.17. The van der Waals surface area contributed by atoms with E-state index in [2.05, 4.69) is 25.8 Å². The van der Waals surface area contributed by atoms with Crippen LogP contribution in [-0.4, -0.2) is 34.3 Å². The molecule has 1 aliphatic rings. The summed E-state index contributed by atoms with van der Waals surface area (Å²) in [5.74, 6) is 0.447. The van der Waals surface area contributed by atoms with Crippen LogP contribution in [0.1, 0.15) is 40.8 Å². The highest BCUT2D eigenvalue weighted by atomic mass is 32.1. The summed E-state index contributed by atoms with van der Waals surface area (Å²) in [5, 5.41) is 4.12. The smallest absolute Gasteiger partial charge is 0.337 e. The highest BCUT2D eigenvalue weighted by Gasteiger charge is 2.42. The fourth-order valence-electron chi connectivity index (χ4n) is 4.55. The first-order valence-corrected chi connectivity index (χ1v) is 12.1. The summed E-state index contributed by atoms with van der Waals surface area (Å²) in [6.07, 6.45) is 3.80. The van der Waals surface area contributed by atoms with E-state index in [-0.39, 0.29) is 18.1 Å². The topological polar surface area (TPSA) is 68.6 Å². The van der Waals surface area contributed by atoms with Crippen molar-refractivity contribution >= 4 is 29.0 Å². The van der Waals surface area contributed by atoms with Crippen LogP contribution in [0.2, 0.25) is 0 Å². The molecule has 36 heavy (non-hydrogen) atoms. The van der Waals surface area contributed by atoms with E-state index in [1.807, 2.05) is 73.8 Å². The van der Waals surface area contributed by atoms with Crippen molar-refractivity contribution in [3.05, 3.63) is 108 Å². The minimum absolute atomic E-state index is 0.173. The molecule has 4 aromatic rings. The Labute approximate surface area is 215 Å². The normalized spacial score (nSPS) is 17.1. The number of carbonyl (C=O) groups is 1. The van der Waals surface area contributed by atoms with Crippen molar-refractivity contribution in [1.29, 1.82) is 0 Å². The van der Waals surface area contributed by atoms with Crippen LogP contribution >= 0.6 is 12.2 Å². The summed E-state index contributed by atoms with van der Waals surface area (Å²) in [5.41, 5.74) is 4.30. The Balaban J connectivity index is 1.59. The minimum Gasteiger partial charge on any atom is -0.494 e. The van der Waals surface area contributed by atoms with E-state index in [1.54, 1.807) is 18.3 Å². The lowest BCUT2D eigenvalue weighted by atomic mass is 10.0. The molecule has 3 heterocycles. The molecule has 0 spiro atoms. The molecule has 0 unspecified atom stereocenters. The molecule has 0 bridgehead atoms. The van der Waals surface area contributed by atoms with E-state index in [1.165, 1.54) is 7.11 Å². The maximum atomic E-state index is 11.9. The SMILES string of the molecule is CCOc1ccc(N2C(=S)N[C@H](c3ccccn3)[C@H]2c2cccn2-c2ccc(C(=O)OC)cc2)cc1. The molecule has 7 nitrogen and oxygen atoms in total. The average molecular weight is 499 g/mol. The number of rotatable bonds is 7. The second kappa shape index (κ2) is 10.2. The second-order valence-corrected chi connectivity index (χ2v) is 8.65. The molecule has 0 radical (unpaired) electrons. The number of pyridine rings is 1. The van der Waals surface area contributed by atoms with E-state index < -0.39 is 0 Å². The minimum atomic E-state index is -0.364. The Hall–Kier alpha value is -4.17. The van der Waals surface area contributed by atoms with Gasteiger partial charge in [0.1, 0.15) is 11.8 Å². The second-order valence-electron chi connectivity index (χ2n) is 8.27. The highest BCUT2D eigenvalue weighted by Crippen LogP contribution is 2.42. The fraction of sp³-hybridized carbons (Fsp3) is 0.179. The molecule has 1 N–H and O–H groups in total. The number of esters is 1. The zero-order valence-electron chi connectivity index (χ0n) is 20.0. The summed E-state index contributed by atoms with van der Waals surface area (Å²) in [7, 11) is 1.38. The van der Waals surface area contributed by atoms with Crippen molar-refractivity contribution in [3.63, 3.8) is 0 Å². The van der Waals surface area contributed by atoms with Crippen molar-refractivity contribution in [2.45, 2.75) is 19.0 Å². The number of aromatic nitrogens is 2. The maximum absolute atomic E-state index is 11.9. The van der Waals surface area contributed by atoms with Gasteiger partial charge in [-0.25, -0.2) is 4.79 Å². The van der Waals surface area contributed by atoms with Gasteiger partial charge in [0, 0.05) is 29.5 Å². The van der Waals surface area contributed by atoms with Crippen LogP contribution in [0.4, 0.5) is 5.69 Å². The summed E-state index contributed by atoms with van der Waals surface area (Å²) >= 11 is 5.85. The zero-order chi connectivity index (χ0) is 25.1. The molecule has 182 valence electrons. The van der Waals surface area contributed by atoms with E-state index in [0.29, 0.717) is 17.3 Å². The predicted molar refractivity (Wildman–Crippen MR) is 143 cm³/mol. The summed E-state index contributed by atoms with van der Waals surface area (Å²) < 4.78 is 12.6. The van der Waals surface area contributed by atoms with Crippen molar-refractivity contribution in [3.8, 4) is 11.4 Å². The van der Waals surface area contributed by atoms with Gasteiger partial charge in [0.25, 0.3) is 0 Å². The van der Waals surface area contributed by atoms with E-state index in [0.717, 1.165) is 28.5 Å². The number of nitrogens with zero attached hydrogens (tertiary/aromatic N) is 3. The zero-order valence-corrected chi connectivity index (χ0v) is 20.8. The lowest BCUT2D eigenvalue weighted by Gasteiger charge is -2.29. The lowest BCUT2D eigenvalue weighted by Crippen LogP contribution is -2.30. The third-order valence-corrected chi connectivity index (χ3v) is 6.49. The lowest BCUT2D eigenvalue weighted by molar-refractivity contribution is 0.0600. The first kappa shape index (κ1) is 23.6. The average Bonchev–Trinajstić information content (AvgIpc) is 3.54. The molecule has 1 saturated heterocycles. The quantitative estimate of drug-likeness (QED) is 0.276. The van der Waals surface area contributed by atoms with E-state index in [9.17, 15) is 4.79 Å². The standard InChI is InChI=1S/C28H26N4O3S/c1-3-35-22-15-13-21(14-16-22)32-26(25(30-28(32)36)23-7-4-5-17-29-23)24-8-6-18-31(24)20-11-9-19(10-12-20)27(33)34-2/h4-18,25-26H,3H2,1-2H3,(H,30,36)/t25-,26-/m1/s1. The van der Waals surface area contributed by atoms with Crippen molar-refractivity contribution in [2.24, 2.45) is 0 Å². The number of ether oxygens (including phenoxy) is 2. The first-order chi connectivity index (χ1) is 17.6. The van der Waals surface area contributed by atoms with Gasteiger partial charge in [0.2, 0.25) is 0 Å². The molecule has 5 rings (SSSR count). The van der Waals surface area contributed by atoms with Crippen LogP contribution in [-0.2, 0) is 4.74 Å². The number of thiocarbonyl (C=S) groups is 1. The Kier molecular flexibility index (Phi) is 6.69. The maximum Gasteiger partial charge on any atom is 0.337 e. The molecule has 0 amide bonds. The van der Waals surface area contributed by atoms with Gasteiger partial charge in [-0.15, -0.1) is 0 Å². The summed E-state index contributed by atoms with van der Waals surface area (Å²) in [6.45, 7) is 2.57. The number of nitrogens with one attached hydrogen (secondary N) is 1. The fourth-order valence-corrected chi connectivity index (χ4v) is 4.90. The first-order valence-electron chi connectivity index (χ1n) is 11.7. The van der Waals surface area contributed by atoms with Crippen molar-refractivity contribution in [1.82, 2.24) is 14.9 Å². The largest absolute Gasteiger partial charge is 0.494 e. The van der Waals surface area contributed by atoms with Crippen LogP contribution in [0.15, 0.2) is 91.3 Å². The van der Waals surface area contributed by atoms with Crippen LogP contribution in [0.3, 0.4) is 0 Å². The van der Waals surface area contributed by atoms with Crippen LogP contribution in [0.5, 0.6) is 5.75 Å². The third kappa shape index (κ3) is 4.43. The number of hydrogen-bond donors (Lipinski definition) is 1. The van der Waals surface area contributed by atoms with Crippen molar-refractivity contribution in [2.75, 3.05) is 18.6 Å². The summed E-state index contributed by atoms with van der Waals surface area (Å²) in [6, 6.07) is 24.9. The van der Waals surface area contributed by atoms with Gasteiger partial charge in [-0.05, 0) is 91.9 Å². The molecule has 2 aromatic carbocycles. The van der Waals surface area contributed by atoms with E-state index >= 15 is 0 Å². The summed E-state index contributed by atoms with van der Waals surface area (Å²) in [4.78, 5) is 18.7. The van der Waals surface area contributed by atoms with Crippen LogP contribution < -0.4 is 15.0 Å². The Bertz CT molecular complexity index is 1350. The number of hydrogen-bond acceptors (Lipinski definition) is 5. The van der Waals surface area contributed by atoms with Gasteiger partial charge in [-0.3, -0.25) is 4.98 Å². The molecule has 8 heteroatoms. The molecular weight excluding hydrogens is 472 g/mol. The van der Waals surface area contributed by atoms with Crippen molar-refractivity contribution < 1.29 is 14.3 Å². The highest BCUT2D eigenvalue weighted by molar-refractivity contribution is 7.80. The van der Waals surface area contributed by atoms with Gasteiger partial charge in [-0.1, -0.05) is 6.07 Å². The number of anilines is 1.